The Morgan fingerprint density at radius 1 is 0.967 bits per heavy atom. The number of carbonyl (C=O) groups excluding carboxylic acids is 4. The van der Waals surface area contributed by atoms with E-state index in [9.17, 15) is 19.2 Å². The van der Waals surface area contributed by atoms with Gasteiger partial charge in [-0.1, -0.05) is 5.21 Å². The molecule has 30 heavy (non-hydrogen) atoms. The summed E-state index contributed by atoms with van der Waals surface area (Å²) in [5, 5.41) is 7.77. The van der Waals surface area contributed by atoms with Gasteiger partial charge < -0.3 is 23.7 Å². The van der Waals surface area contributed by atoms with Crippen LogP contribution < -0.4 is 0 Å². The smallest absolute Gasteiger partial charge is 0.303 e. The average Bonchev–Trinajstić information content (AvgIpc) is 3.11. The van der Waals surface area contributed by atoms with Crippen molar-refractivity contribution in [3.63, 3.8) is 0 Å². The van der Waals surface area contributed by atoms with E-state index in [1.54, 1.807) is 0 Å². The topological polar surface area (TPSA) is 145 Å². The van der Waals surface area contributed by atoms with Crippen molar-refractivity contribution >= 4 is 35.5 Å². The number of hydrogen-bond acceptors (Lipinski definition) is 11. The number of ether oxygens (including phenoxy) is 5. The minimum Gasteiger partial charge on any atom is -0.463 e. The van der Waals surface area contributed by atoms with Crippen molar-refractivity contribution < 1.29 is 42.9 Å². The van der Waals surface area contributed by atoms with Crippen LogP contribution in [-0.4, -0.2) is 69.9 Å². The Bertz CT molecular complexity index is 799. The Morgan fingerprint density at radius 3 is 2.03 bits per heavy atom. The van der Waals surface area contributed by atoms with Crippen molar-refractivity contribution in [1.82, 2.24) is 15.0 Å². The standard InChI is InChI=1S/C17H22ClN3O9/c1-8(22)26-7-13-14(27-9(2)23)15(28-10(3)24)16(29-11(4)25)17(30-13)21-6-12(5-18)19-20-21/h6,13-17H,5,7H2,1-4H3/t13-,14-,15+,16+,17+/m1/s1. The number of nitrogens with zero attached hydrogens (tertiary/aromatic N) is 3. The highest BCUT2D eigenvalue weighted by atomic mass is 35.5. The fraction of sp³-hybridized carbons (Fsp3) is 0.647. The summed E-state index contributed by atoms with van der Waals surface area (Å²) in [6.45, 7) is 4.30. The first-order chi connectivity index (χ1) is 14.1. The first-order valence-corrected chi connectivity index (χ1v) is 9.43. The zero-order valence-corrected chi connectivity index (χ0v) is 17.5. The predicted octanol–water partition coefficient (Wildman–Crippen LogP) is 0.272. The average molecular weight is 448 g/mol. The van der Waals surface area contributed by atoms with Gasteiger partial charge in [0.2, 0.25) is 0 Å². The molecule has 1 aliphatic rings. The fourth-order valence-electron chi connectivity index (χ4n) is 2.92. The summed E-state index contributed by atoms with van der Waals surface area (Å²) in [6.07, 6.45) is -4.53. The molecule has 13 heteroatoms. The van der Waals surface area contributed by atoms with Gasteiger partial charge in [-0.2, -0.15) is 0 Å². The maximum atomic E-state index is 11.8. The molecular formula is C17H22ClN3O9. The van der Waals surface area contributed by atoms with E-state index >= 15 is 0 Å². The highest BCUT2D eigenvalue weighted by molar-refractivity contribution is 6.16. The number of alkyl halides is 1. The summed E-state index contributed by atoms with van der Waals surface area (Å²) >= 11 is 5.76. The van der Waals surface area contributed by atoms with E-state index in [0.29, 0.717) is 5.69 Å². The number of halogens is 1. The van der Waals surface area contributed by atoms with Gasteiger partial charge in [-0.05, 0) is 0 Å². The van der Waals surface area contributed by atoms with Crippen LogP contribution in [-0.2, 0) is 48.7 Å². The molecule has 2 rings (SSSR count). The lowest BCUT2D eigenvalue weighted by Gasteiger charge is -2.44. The summed E-state index contributed by atoms with van der Waals surface area (Å²) < 4.78 is 28.1. The van der Waals surface area contributed by atoms with Crippen molar-refractivity contribution in [1.29, 1.82) is 0 Å². The first-order valence-electron chi connectivity index (χ1n) is 8.89. The van der Waals surface area contributed by atoms with E-state index in [1.807, 2.05) is 0 Å². The van der Waals surface area contributed by atoms with Crippen LogP contribution in [0.4, 0.5) is 0 Å². The van der Waals surface area contributed by atoms with Gasteiger partial charge in [0.1, 0.15) is 12.7 Å². The van der Waals surface area contributed by atoms with E-state index in [0.717, 1.165) is 20.8 Å². The van der Waals surface area contributed by atoms with Crippen molar-refractivity contribution in [3.05, 3.63) is 11.9 Å². The summed E-state index contributed by atoms with van der Waals surface area (Å²) in [5.41, 5.74) is 0.407. The molecular weight excluding hydrogens is 426 g/mol. The first kappa shape index (κ1) is 23.5. The largest absolute Gasteiger partial charge is 0.463 e. The number of esters is 4. The van der Waals surface area contributed by atoms with Crippen LogP contribution in [0.25, 0.3) is 0 Å². The maximum Gasteiger partial charge on any atom is 0.303 e. The third-order valence-corrected chi connectivity index (χ3v) is 4.20. The predicted molar refractivity (Wildman–Crippen MR) is 96.8 cm³/mol. The van der Waals surface area contributed by atoms with E-state index in [2.05, 4.69) is 10.3 Å². The van der Waals surface area contributed by atoms with Crippen molar-refractivity contribution in [2.24, 2.45) is 0 Å². The zero-order valence-electron chi connectivity index (χ0n) is 16.8. The quantitative estimate of drug-likeness (QED) is 0.322. The summed E-state index contributed by atoms with van der Waals surface area (Å²) in [5.74, 6) is -2.68. The van der Waals surface area contributed by atoms with E-state index in [1.165, 1.54) is 17.8 Å². The zero-order chi connectivity index (χ0) is 22.4. The molecule has 5 atom stereocenters. The van der Waals surface area contributed by atoms with Crippen molar-refractivity contribution in [2.45, 2.75) is 64.2 Å². The van der Waals surface area contributed by atoms with Crippen LogP contribution in [0, 0.1) is 0 Å². The van der Waals surface area contributed by atoms with Gasteiger partial charge in [-0.15, -0.1) is 16.7 Å². The maximum absolute atomic E-state index is 11.8. The second-order valence-electron chi connectivity index (χ2n) is 6.41. The minimum absolute atomic E-state index is 0.0608. The Kier molecular flexibility index (Phi) is 8.12. The van der Waals surface area contributed by atoms with E-state index < -0.39 is 54.5 Å². The minimum atomic E-state index is -1.28. The van der Waals surface area contributed by atoms with Crippen LogP contribution >= 0.6 is 11.6 Å². The van der Waals surface area contributed by atoms with Crippen LogP contribution in [0.15, 0.2) is 6.20 Å². The molecule has 0 radical (unpaired) electrons. The van der Waals surface area contributed by atoms with Crippen LogP contribution in [0.1, 0.15) is 39.6 Å². The molecule has 0 amide bonds. The molecule has 0 spiro atoms. The molecule has 0 aromatic carbocycles. The third kappa shape index (κ3) is 6.13. The number of hydrogen-bond donors (Lipinski definition) is 0. The van der Waals surface area contributed by atoms with Crippen LogP contribution in [0.3, 0.4) is 0 Å². The molecule has 0 aliphatic carbocycles. The van der Waals surface area contributed by atoms with Gasteiger partial charge in [-0.3, -0.25) is 19.2 Å². The summed E-state index contributed by atoms with van der Waals surface area (Å²) in [7, 11) is 0. The molecule has 166 valence electrons. The van der Waals surface area contributed by atoms with Gasteiger partial charge in [0, 0.05) is 27.7 Å². The van der Waals surface area contributed by atoms with Crippen molar-refractivity contribution in [3.8, 4) is 0 Å². The second-order valence-corrected chi connectivity index (χ2v) is 6.68. The molecule has 1 saturated heterocycles. The highest BCUT2D eigenvalue weighted by Crippen LogP contribution is 2.34. The molecule has 1 aromatic heterocycles. The molecule has 2 heterocycles. The normalized spacial score (nSPS) is 25.8. The third-order valence-electron chi connectivity index (χ3n) is 3.92. The second kappa shape index (κ2) is 10.3. The monoisotopic (exact) mass is 447 g/mol. The molecule has 0 unspecified atom stereocenters. The number of aromatic nitrogens is 3. The van der Waals surface area contributed by atoms with Crippen molar-refractivity contribution in [2.75, 3.05) is 6.61 Å². The Labute approximate surface area is 176 Å². The molecule has 0 bridgehead atoms. The molecule has 12 nitrogen and oxygen atoms in total. The molecule has 1 aliphatic heterocycles. The Balaban J connectivity index is 2.50. The van der Waals surface area contributed by atoms with E-state index in [-0.39, 0.29) is 12.5 Å². The van der Waals surface area contributed by atoms with Crippen LogP contribution in [0.2, 0.25) is 0 Å². The fourth-order valence-corrected chi connectivity index (χ4v) is 3.04. The van der Waals surface area contributed by atoms with Gasteiger partial charge in [0.05, 0.1) is 17.8 Å². The molecule has 0 saturated carbocycles. The lowest BCUT2D eigenvalue weighted by Crippen LogP contribution is -2.60. The van der Waals surface area contributed by atoms with Gasteiger partial charge >= 0.3 is 23.9 Å². The summed E-state index contributed by atoms with van der Waals surface area (Å²) in [4.78, 5) is 46.5. The lowest BCUT2D eigenvalue weighted by atomic mass is 9.97. The van der Waals surface area contributed by atoms with Gasteiger partial charge in [0.15, 0.2) is 24.5 Å². The molecule has 1 fully saturated rings. The molecule has 1 aromatic rings. The number of carbonyl (C=O) groups is 4. The lowest BCUT2D eigenvalue weighted by molar-refractivity contribution is -0.270. The van der Waals surface area contributed by atoms with Gasteiger partial charge in [-0.25, -0.2) is 4.68 Å². The Hall–Kier alpha value is -2.73. The highest BCUT2D eigenvalue weighted by Gasteiger charge is 2.53. The summed E-state index contributed by atoms with van der Waals surface area (Å²) in [6, 6.07) is 0. The van der Waals surface area contributed by atoms with E-state index in [4.69, 9.17) is 35.3 Å². The number of rotatable bonds is 7. The van der Waals surface area contributed by atoms with Gasteiger partial charge in [0.25, 0.3) is 0 Å². The molecule has 0 N–H and O–H groups in total. The Morgan fingerprint density at radius 2 is 1.53 bits per heavy atom. The van der Waals surface area contributed by atoms with Crippen LogP contribution in [0.5, 0.6) is 0 Å². The SMILES string of the molecule is CC(=O)OC[C@H]1O[C@H](n2cc(CCl)nn2)[C@@H](OC(C)=O)[C@@H](OC(C)=O)[C@@H]1OC(C)=O.